The van der Waals surface area contributed by atoms with Gasteiger partial charge in [-0.1, -0.05) is 6.07 Å². The van der Waals surface area contributed by atoms with Gasteiger partial charge >= 0.3 is 5.97 Å². The van der Waals surface area contributed by atoms with Gasteiger partial charge in [-0.3, -0.25) is 4.72 Å². The molecular weight excluding hydrogens is 417 g/mol. The molecule has 116 valence electrons. The minimum Gasteiger partial charge on any atom is -0.478 e. The molecule has 0 aromatic heterocycles. The summed E-state index contributed by atoms with van der Waals surface area (Å²) in [6.45, 7) is 3.42. The van der Waals surface area contributed by atoms with Crippen LogP contribution in [0.2, 0.25) is 0 Å². The molecule has 2 N–H and O–H groups in total. The van der Waals surface area contributed by atoms with Crippen molar-refractivity contribution in [2.24, 2.45) is 0 Å². The first-order valence-electron chi connectivity index (χ1n) is 6.33. The highest BCUT2D eigenvalue weighted by molar-refractivity contribution is 14.1. The number of aromatic carboxylic acids is 1. The zero-order chi connectivity index (χ0) is 16.5. The fourth-order valence-electron chi connectivity index (χ4n) is 1.94. The Kier molecular flexibility index (Phi) is 4.76. The molecule has 0 amide bonds. The van der Waals surface area contributed by atoms with Gasteiger partial charge < -0.3 is 5.11 Å². The fraction of sp³-hybridized carbons (Fsp3) is 0.133. The monoisotopic (exact) mass is 431 g/mol. The molecule has 7 heteroatoms. The lowest BCUT2D eigenvalue weighted by Crippen LogP contribution is -2.15. The highest BCUT2D eigenvalue weighted by Crippen LogP contribution is 2.23. The second-order valence-corrected chi connectivity index (χ2v) is 7.77. The Bertz CT molecular complexity index is 847. The molecule has 0 unspecified atom stereocenters. The molecule has 0 aliphatic heterocycles. The Morgan fingerprint density at radius 2 is 1.77 bits per heavy atom. The predicted octanol–water partition coefficient (Wildman–Crippen LogP) is 3.41. The lowest BCUT2D eigenvalue weighted by molar-refractivity contribution is 0.0696. The zero-order valence-electron chi connectivity index (χ0n) is 11.9. The summed E-state index contributed by atoms with van der Waals surface area (Å²) in [5, 5.41) is 9.10. The van der Waals surface area contributed by atoms with Crippen LogP contribution >= 0.6 is 22.6 Å². The first-order chi connectivity index (χ1) is 10.2. The molecule has 2 aromatic carbocycles. The van der Waals surface area contributed by atoms with E-state index in [1.807, 2.05) is 6.07 Å². The Morgan fingerprint density at radius 1 is 1.09 bits per heavy atom. The van der Waals surface area contributed by atoms with Gasteiger partial charge in [-0.2, -0.15) is 0 Å². The van der Waals surface area contributed by atoms with Crippen molar-refractivity contribution in [3.05, 3.63) is 56.7 Å². The van der Waals surface area contributed by atoms with Crippen molar-refractivity contribution >= 4 is 44.3 Å². The molecule has 0 bridgehead atoms. The lowest BCUT2D eigenvalue weighted by Gasteiger charge is -2.12. The van der Waals surface area contributed by atoms with Crippen LogP contribution in [0.3, 0.4) is 0 Å². The van der Waals surface area contributed by atoms with Crippen molar-refractivity contribution in [3.8, 4) is 0 Å². The van der Waals surface area contributed by atoms with Crippen molar-refractivity contribution < 1.29 is 18.3 Å². The molecule has 0 spiro atoms. The summed E-state index contributed by atoms with van der Waals surface area (Å²) < 4.78 is 28.3. The van der Waals surface area contributed by atoms with Gasteiger partial charge in [0.1, 0.15) is 0 Å². The van der Waals surface area contributed by atoms with Crippen LogP contribution in [0.25, 0.3) is 0 Å². The molecule has 2 rings (SSSR count). The van der Waals surface area contributed by atoms with Gasteiger partial charge in [-0.25, -0.2) is 13.2 Å². The van der Waals surface area contributed by atoms with E-state index in [0.717, 1.165) is 9.13 Å². The van der Waals surface area contributed by atoms with E-state index in [-0.39, 0.29) is 10.5 Å². The number of carboxylic acids is 1. The Hall–Kier alpha value is -1.61. The Balaban J connectivity index is 2.42. The molecule has 5 nitrogen and oxygen atoms in total. The number of halogens is 1. The van der Waals surface area contributed by atoms with Crippen LogP contribution in [0, 0.1) is 17.4 Å². The number of hydrogen-bond donors (Lipinski definition) is 2. The van der Waals surface area contributed by atoms with E-state index in [1.54, 1.807) is 26.0 Å². The van der Waals surface area contributed by atoms with Gasteiger partial charge in [0, 0.05) is 3.57 Å². The lowest BCUT2D eigenvalue weighted by atomic mass is 10.1. The first kappa shape index (κ1) is 16.8. The quantitative estimate of drug-likeness (QED) is 0.727. The molecular formula is C15H14INO4S. The molecule has 0 radical (unpaired) electrons. The number of anilines is 1. The van der Waals surface area contributed by atoms with E-state index in [4.69, 9.17) is 5.11 Å². The number of carbonyl (C=O) groups is 1. The van der Waals surface area contributed by atoms with Gasteiger partial charge in [0.2, 0.25) is 0 Å². The Morgan fingerprint density at radius 3 is 2.36 bits per heavy atom. The number of carboxylic acid groups (broad SMARTS) is 1. The number of nitrogens with one attached hydrogen (secondary N) is 1. The second kappa shape index (κ2) is 6.25. The normalized spacial score (nSPS) is 11.2. The molecule has 0 aliphatic carbocycles. The third-order valence-electron chi connectivity index (χ3n) is 3.18. The van der Waals surface area contributed by atoms with E-state index in [0.29, 0.717) is 11.3 Å². The topological polar surface area (TPSA) is 83.5 Å². The van der Waals surface area contributed by atoms with Crippen molar-refractivity contribution in [1.82, 2.24) is 0 Å². The molecule has 0 fully saturated rings. The maximum Gasteiger partial charge on any atom is 0.335 e. The van der Waals surface area contributed by atoms with Crippen molar-refractivity contribution in [2.75, 3.05) is 4.72 Å². The highest BCUT2D eigenvalue weighted by atomic mass is 127. The highest BCUT2D eigenvalue weighted by Gasteiger charge is 2.18. The first-order valence-corrected chi connectivity index (χ1v) is 8.90. The number of benzene rings is 2. The molecule has 0 heterocycles. The van der Waals surface area contributed by atoms with Gasteiger partial charge in [0.25, 0.3) is 10.0 Å². The smallest absolute Gasteiger partial charge is 0.335 e. The average Bonchev–Trinajstić information content (AvgIpc) is 2.42. The largest absolute Gasteiger partial charge is 0.478 e. The Labute approximate surface area is 142 Å². The molecule has 2 aromatic rings. The van der Waals surface area contributed by atoms with E-state index >= 15 is 0 Å². The van der Waals surface area contributed by atoms with Crippen LogP contribution in [0.4, 0.5) is 5.69 Å². The molecule has 0 saturated carbocycles. The number of hydrogen-bond acceptors (Lipinski definition) is 3. The summed E-state index contributed by atoms with van der Waals surface area (Å²) in [5.74, 6) is -1.15. The van der Waals surface area contributed by atoms with Gasteiger partial charge in [-0.05, 0) is 77.9 Å². The summed E-state index contributed by atoms with van der Waals surface area (Å²) in [5.41, 5.74) is 1.75. The fourth-order valence-corrected chi connectivity index (χ4v) is 3.75. The number of rotatable bonds is 4. The van der Waals surface area contributed by atoms with Crippen LogP contribution in [-0.4, -0.2) is 19.5 Å². The van der Waals surface area contributed by atoms with Crippen LogP contribution in [0.5, 0.6) is 0 Å². The SMILES string of the molecule is Cc1cc(I)ccc1NS(=O)(=O)c1ccc(C)c(C(=O)O)c1. The molecule has 0 aliphatic rings. The van der Waals surface area contributed by atoms with Gasteiger partial charge in [-0.15, -0.1) is 0 Å². The van der Waals surface area contributed by atoms with E-state index in [2.05, 4.69) is 27.3 Å². The summed E-state index contributed by atoms with van der Waals surface area (Å²) in [7, 11) is -3.84. The van der Waals surface area contributed by atoms with Gasteiger partial charge in [0.15, 0.2) is 0 Å². The molecule has 0 atom stereocenters. The van der Waals surface area contributed by atoms with Crippen molar-refractivity contribution in [2.45, 2.75) is 18.7 Å². The zero-order valence-corrected chi connectivity index (χ0v) is 14.9. The third-order valence-corrected chi connectivity index (χ3v) is 5.22. The van der Waals surface area contributed by atoms with Crippen LogP contribution in [0.1, 0.15) is 21.5 Å². The standard InChI is InChI=1S/C15H14INO4S/c1-9-3-5-12(8-13(9)15(18)19)22(20,21)17-14-6-4-11(16)7-10(14)2/h3-8,17H,1-2H3,(H,18,19). The summed E-state index contributed by atoms with van der Waals surface area (Å²) in [6, 6.07) is 9.38. The van der Waals surface area contributed by atoms with E-state index < -0.39 is 16.0 Å². The summed E-state index contributed by atoms with van der Waals surface area (Å²) in [4.78, 5) is 11.1. The van der Waals surface area contributed by atoms with Crippen LogP contribution in [0.15, 0.2) is 41.3 Å². The average molecular weight is 431 g/mol. The summed E-state index contributed by atoms with van der Waals surface area (Å²) in [6.07, 6.45) is 0. The minimum atomic E-state index is -3.84. The van der Waals surface area contributed by atoms with Crippen molar-refractivity contribution in [1.29, 1.82) is 0 Å². The van der Waals surface area contributed by atoms with E-state index in [9.17, 15) is 13.2 Å². The molecule has 0 saturated heterocycles. The number of sulfonamides is 1. The van der Waals surface area contributed by atoms with Crippen LogP contribution < -0.4 is 4.72 Å². The van der Waals surface area contributed by atoms with Gasteiger partial charge in [0.05, 0.1) is 16.1 Å². The minimum absolute atomic E-state index is 0.0257. The van der Waals surface area contributed by atoms with E-state index in [1.165, 1.54) is 18.2 Å². The number of aryl methyl sites for hydroxylation is 2. The predicted molar refractivity (Wildman–Crippen MR) is 92.8 cm³/mol. The maximum absolute atomic E-state index is 12.4. The second-order valence-electron chi connectivity index (χ2n) is 4.85. The third kappa shape index (κ3) is 3.58. The maximum atomic E-state index is 12.4. The molecule has 22 heavy (non-hydrogen) atoms. The summed E-state index contributed by atoms with van der Waals surface area (Å²) >= 11 is 2.14. The van der Waals surface area contributed by atoms with Crippen LogP contribution in [-0.2, 0) is 10.0 Å². The van der Waals surface area contributed by atoms with Crippen molar-refractivity contribution in [3.63, 3.8) is 0 Å².